The quantitative estimate of drug-likeness (QED) is 0.875. The molecule has 0 amide bonds. The summed E-state index contributed by atoms with van der Waals surface area (Å²) in [5.41, 5.74) is 7.49. The van der Waals surface area contributed by atoms with E-state index >= 15 is 0 Å². The van der Waals surface area contributed by atoms with Crippen LogP contribution >= 0.6 is 0 Å². The van der Waals surface area contributed by atoms with Gasteiger partial charge in [0.15, 0.2) is 0 Å². The molecule has 0 atom stereocenters. The third-order valence-corrected chi connectivity index (χ3v) is 3.47. The Morgan fingerprint density at radius 3 is 2.94 bits per heavy atom. The minimum atomic E-state index is 0.711. The maximum atomic E-state index is 5.58. The molecule has 0 unspecified atom stereocenters. The fraction of sp³-hybridized carbons (Fsp3) is 0.462. The first kappa shape index (κ1) is 11.3. The van der Waals surface area contributed by atoms with Crippen LogP contribution in [-0.4, -0.2) is 34.6 Å². The van der Waals surface area contributed by atoms with E-state index in [0.717, 1.165) is 48.5 Å². The van der Waals surface area contributed by atoms with Gasteiger partial charge in [-0.2, -0.15) is 0 Å². The van der Waals surface area contributed by atoms with Crippen LogP contribution < -0.4 is 10.6 Å². The van der Waals surface area contributed by atoms with Crippen LogP contribution in [-0.2, 0) is 0 Å². The number of aryl methyl sites for hydroxylation is 1. The van der Waals surface area contributed by atoms with E-state index in [-0.39, 0.29) is 0 Å². The van der Waals surface area contributed by atoms with Gasteiger partial charge in [0.25, 0.3) is 0 Å². The average Bonchev–Trinajstić information content (AvgIpc) is 2.33. The third-order valence-electron chi connectivity index (χ3n) is 3.47. The maximum absolute atomic E-state index is 5.58. The fourth-order valence-corrected chi connectivity index (χ4v) is 2.46. The number of nitrogens with zero attached hydrogens (tertiary/aromatic N) is 4. The summed E-state index contributed by atoms with van der Waals surface area (Å²) < 4.78 is 0. The Labute approximate surface area is 106 Å². The molecule has 1 fully saturated rings. The molecule has 0 saturated carbocycles. The normalized spacial score (nSPS) is 16.0. The molecular formula is C13H17N5. The maximum Gasteiger partial charge on any atom is 0.140 e. The smallest absolute Gasteiger partial charge is 0.140 e. The fourth-order valence-electron chi connectivity index (χ4n) is 2.46. The van der Waals surface area contributed by atoms with Gasteiger partial charge in [0.05, 0.1) is 11.7 Å². The molecule has 0 radical (unpaired) electrons. The number of fused-ring (bicyclic) bond motifs is 1. The summed E-state index contributed by atoms with van der Waals surface area (Å²) in [6.45, 7) is 4.85. The molecule has 94 valence electrons. The second-order valence-electron chi connectivity index (χ2n) is 4.89. The van der Waals surface area contributed by atoms with Crippen LogP contribution in [0.25, 0.3) is 10.9 Å². The number of pyridine rings is 1. The van der Waals surface area contributed by atoms with E-state index < -0.39 is 0 Å². The Hall–Kier alpha value is -1.75. The molecule has 0 bridgehead atoms. The van der Waals surface area contributed by atoms with Gasteiger partial charge in [-0.1, -0.05) is 0 Å². The van der Waals surface area contributed by atoms with Crippen molar-refractivity contribution < 1.29 is 0 Å². The van der Waals surface area contributed by atoms with Crippen molar-refractivity contribution in [1.29, 1.82) is 0 Å². The summed E-state index contributed by atoms with van der Waals surface area (Å²) in [5.74, 6) is 1.74. The first-order valence-electron chi connectivity index (χ1n) is 6.30. The number of nitrogens with two attached hydrogens (primary N) is 1. The molecular weight excluding hydrogens is 226 g/mol. The van der Waals surface area contributed by atoms with Crippen LogP contribution in [0.3, 0.4) is 0 Å². The van der Waals surface area contributed by atoms with E-state index in [2.05, 4.69) is 25.9 Å². The van der Waals surface area contributed by atoms with E-state index in [1.54, 1.807) is 6.33 Å². The number of hydrogen-bond donors (Lipinski definition) is 1. The molecule has 5 heteroatoms. The Morgan fingerprint density at radius 2 is 2.17 bits per heavy atom. The Bertz CT molecular complexity index is 562. The van der Waals surface area contributed by atoms with Gasteiger partial charge in [-0.05, 0) is 31.9 Å². The van der Waals surface area contributed by atoms with Gasteiger partial charge in [-0.15, -0.1) is 0 Å². The van der Waals surface area contributed by atoms with Gasteiger partial charge >= 0.3 is 0 Å². The van der Waals surface area contributed by atoms with Gasteiger partial charge in [-0.3, -0.25) is 4.98 Å². The molecule has 1 aliphatic rings. The van der Waals surface area contributed by atoms with Crippen LogP contribution in [0.2, 0.25) is 0 Å². The molecule has 3 rings (SSSR count). The van der Waals surface area contributed by atoms with Gasteiger partial charge in [0, 0.05) is 24.2 Å². The van der Waals surface area contributed by atoms with Gasteiger partial charge < -0.3 is 10.6 Å². The summed E-state index contributed by atoms with van der Waals surface area (Å²) in [5, 5.41) is 1.09. The molecule has 3 heterocycles. The zero-order valence-corrected chi connectivity index (χ0v) is 10.5. The SMILES string of the molecule is Cc1cc2c(N3CC(CCN)C3)ncnc2cn1. The van der Waals surface area contributed by atoms with Crippen LogP contribution in [0.4, 0.5) is 5.82 Å². The number of aromatic nitrogens is 3. The molecule has 0 aliphatic carbocycles. The van der Waals surface area contributed by atoms with E-state index in [0.29, 0.717) is 5.92 Å². The van der Waals surface area contributed by atoms with E-state index in [1.165, 1.54) is 0 Å². The van der Waals surface area contributed by atoms with E-state index in [4.69, 9.17) is 5.73 Å². The van der Waals surface area contributed by atoms with Crippen LogP contribution in [0, 0.1) is 12.8 Å². The summed E-state index contributed by atoms with van der Waals surface area (Å²) in [6.07, 6.45) is 4.53. The second-order valence-corrected chi connectivity index (χ2v) is 4.89. The number of rotatable bonds is 3. The third kappa shape index (κ3) is 1.90. The summed E-state index contributed by atoms with van der Waals surface area (Å²) >= 11 is 0. The molecule has 2 N–H and O–H groups in total. The van der Waals surface area contributed by atoms with Crippen molar-refractivity contribution >= 4 is 16.7 Å². The highest BCUT2D eigenvalue weighted by Gasteiger charge is 2.28. The lowest BCUT2D eigenvalue weighted by atomic mass is 9.96. The van der Waals surface area contributed by atoms with Gasteiger partial charge in [0.2, 0.25) is 0 Å². The number of hydrogen-bond acceptors (Lipinski definition) is 5. The Kier molecular flexibility index (Phi) is 2.83. The molecule has 2 aromatic heterocycles. The summed E-state index contributed by atoms with van der Waals surface area (Å²) in [6, 6.07) is 2.06. The van der Waals surface area contributed by atoms with E-state index in [9.17, 15) is 0 Å². The summed E-state index contributed by atoms with van der Waals surface area (Å²) in [4.78, 5) is 15.2. The zero-order chi connectivity index (χ0) is 12.5. The van der Waals surface area contributed by atoms with Gasteiger partial charge in [-0.25, -0.2) is 9.97 Å². The second kappa shape index (κ2) is 4.49. The van der Waals surface area contributed by atoms with Crippen molar-refractivity contribution in [2.45, 2.75) is 13.3 Å². The molecule has 1 aliphatic heterocycles. The predicted octanol–water partition coefficient (Wildman–Crippen LogP) is 1.12. The zero-order valence-electron chi connectivity index (χ0n) is 10.5. The molecule has 0 aromatic carbocycles. The monoisotopic (exact) mass is 243 g/mol. The minimum Gasteiger partial charge on any atom is -0.355 e. The number of anilines is 1. The van der Waals surface area contributed by atoms with Crippen molar-refractivity contribution in [3.63, 3.8) is 0 Å². The van der Waals surface area contributed by atoms with Crippen molar-refractivity contribution in [3.05, 3.63) is 24.3 Å². The first-order chi connectivity index (χ1) is 8.78. The standard InChI is InChI=1S/C13H17N5/c1-9-4-11-12(5-15-9)16-8-17-13(11)18-6-10(7-18)2-3-14/h4-5,8,10H,2-3,6-7,14H2,1H3. The van der Waals surface area contributed by atoms with Crippen molar-refractivity contribution in [2.24, 2.45) is 11.7 Å². The lowest BCUT2D eigenvalue weighted by Gasteiger charge is -2.40. The Morgan fingerprint density at radius 1 is 1.33 bits per heavy atom. The largest absolute Gasteiger partial charge is 0.355 e. The highest BCUT2D eigenvalue weighted by Crippen LogP contribution is 2.29. The highest BCUT2D eigenvalue weighted by atomic mass is 15.2. The average molecular weight is 243 g/mol. The van der Waals surface area contributed by atoms with Crippen LogP contribution in [0.15, 0.2) is 18.6 Å². The molecule has 18 heavy (non-hydrogen) atoms. The lowest BCUT2D eigenvalue weighted by Crippen LogP contribution is -2.48. The molecule has 0 spiro atoms. The molecule has 1 saturated heterocycles. The molecule has 2 aromatic rings. The molecule has 5 nitrogen and oxygen atoms in total. The van der Waals surface area contributed by atoms with Crippen molar-refractivity contribution in [1.82, 2.24) is 15.0 Å². The lowest BCUT2D eigenvalue weighted by molar-refractivity contribution is 0.387. The Balaban J connectivity index is 1.91. The van der Waals surface area contributed by atoms with Crippen LogP contribution in [0.1, 0.15) is 12.1 Å². The predicted molar refractivity (Wildman–Crippen MR) is 71.4 cm³/mol. The van der Waals surface area contributed by atoms with E-state index in [1.807, 2.05) is 13.1 Å². The van der Waals surface area contributed by atoms with Crippen molar-refractivity contribution in [2.75, 3.05) is 24.5 Å². The van der Waals surface area contributed by atoms with Crippen molar-refractivity contribution in [3.8, 4) is 0 Å². The minimum absolute atomic E-state index is 0.711. The van der Waals surface area contributed by atoms with Gasteiger partial charge in [0.1, 0.15) is 12.1 Å². The summed E-state index contributed by atoms with van der Waals surface area (Å²) in [7, 11) is 0. The van der Waals surface area contributed by atoms with Crippen LogP contribution in [0.5, 0.6) is 0 Å². The topological polar surface area (TPSA) is 67.9 Å². The highest BCUT2D eigenvalue weighted by molar-refractivity contribution is 5.89. The first-order valence-corrected chi connectivity index (χ1v) is 6.30.